The number of halogens is 1. The van der Waals surface area contributed by atoms with Gasteiger partial charge in [0, 0.05) is 18.1 Å². The monoisotopic (exact) mass is 397 g/mol. The highest BCUT2D eigenvalue weighted by Gasteiger charge is 2.22. The number of benzene rings is 1. The minimum atomic E-state index is -0.0306. The van der Waals surface area contributed by atoms with Gasteiger partial charge < -0.3 is 15.5 Å². The van der Waals surface area contributed by atoms with Crippen molar-refractivity contribution in [2.24, 2.45) is 0 Å². The summed E-state index contributed by atoms with van der Waals surface area (Å²) in [6.07, 6.45) is 1.89. The maximum absolute atomic E-state index is 11.7. The Labute approximate surface area is 167 Å². The van der Waals surface area contributed by atoms with E-state index in [0.29, 0.717) is 24.7 Å². The third kappa shape index (κ3) is 3.91. The van der Waals surface area contributed by atoms with Crippen LogP contribution in [0.25, 0.3) is 0 Å². The van der Waals surface area contributed by atoms with Crippen molar-refractivity contribution in [1.29, 1.82) is 0 Å². The van der Waals surface area contributed by atoms with Crippen LogP contribution >= 0.6 is 11.6 Å². The van der Waals surface area contributed by atoms with Crippen LogP contribution in [0.2, 0.25) is 5.02 Å². The summed E-state index contributed by atoms with van der Waals surface area (Å²) in [5, 5.41) is 15.2. The molecule has 0 bridgehead atoms. The highest BCUT2D eigenvalue weighted by atomic mass is 35.5. The highest BCUT2D eigenvalue weighted by Crippen LogP contribution is 2.32. The molecular weight excluding hydrogens is 378 g/mol. The number of carbonyl (C=O) groups is 1. The van der Waals surface area contributed by atoms with E-state index in [0.717, 1.165) is 34.1 Å². The summed E-state index contributed by atoms with van der Waals surface area (Å²) in [6, 6.07) is 9.60. The molecule has 3 heterocycles. The summed E-state index contributed by atoms with van der Waals surface area (Å²) >= 11 is 6.03. The first-order valence-corrected chi connectivity index (χ1v) is 9.25. The van der Waals surface area contributed by atoms with E-state index in [9.17, 15) is 4.79 Å². The molecule has 0 atom stereocenters. The van der Waals surface area contributed by atoms with Crippen molar-refractivity contribution in [3.8, 4) is 0 Å². The normalized spacial score (nSPS) is 13.2. The van der Waals surface area contributed by atoms with E-state index < -0.39 is 0 Å². The summed E-state index contributed by atoms with van der Waals surface area (Å²) in [7, 11) is 1.89. The first-order chi connectivity index (χ1) is 13.5. The van der Waals surface area contributed by atoms with Crippen molar-refractivity contribution in [1.82, 2.24) is 20.0 Å². The van der Waals surface area contributed by atoms with E-state index in [2.05, 4.69) is 25.9 Å². The second-order valence-corrected chi connectivity index (χ2v) is 7.22. The maximum Gasteiger partial charge on any atom is 0.243 e. The second kappa shape index (κ2) is 7.47. The molecule has 0 spiro atoms. The molecule has 9 heteroatoms. The van der Waals surface area contributed by atoms with E-state index in [1.807, 2.05) is 55.4 Å². The molecule has 0 fully saturated rings. The summed E-state index contributed by atoms with van der Waals surface area (Å²) < 4.78 is 1.78. The lowest BCUT2D eigenvalue weighted by Crippen LogP contribution is -2.36. The van der Waals surface area contributed by atoms with Gasteiger partial charge in [-0.1, -0.05) is 28.9 Å². The Morgan fingerprint density at radius 3 is 3.00 bits per heavy atom. The molecule has 1 aliphatic rings. The van der Waals surface area contributed by atoms with Crippen molar-refractivity contribution in [3.63, 3.8) is 0 Å². The average molecular weight is 398 g/mol. The van der Waals surface area contributed by atoms with Gasteiger partial charge in [0.15, 0.2) is 0 Å². The molecule has 8 nitrogen and oxygen atoms in total. The zero-order chi connectivity index (χ0) is 19.7. The van der Waals surface area contributed by atoms with E-state index in [1.54, 1.807) is 4.68 Å². The molecule has 4 rings (SSSR count). The van der Waals surface area contributed by atoms with Crippen LogP contribution in [0.15, 0.2) is 36.5 Å². The number of aromatic nitrogens is 4. The molecule has 0 unspecified atom stereocenters. The number of nitrogens with one attached hydrogen (secondary N) is 2. The van der Waals surface area contributed by atoms with Gasteiger partial charge in [0.1, 0.15) is 11.5 Å². The van der Waals surface area contributed by atoms with Crippen molar-refractivity contribution >= 4 is 34.7 Å². The Bertz CT molecular complexity index is 1030. The van der Waals surface area contributed by atoms with Crippen LogP contribution in [0.1, 0.15) is 17.0 Å². The molecule has 1 aromatic carbocycles. The summed E-state index contributed by atoms with van der Waals surface area (Å²) in [5.74, 6) is 0.695. The lowest BCUT2D eigenvalue weighted by atomic mass is 10.2. The number of nitrogens with zero attached hydrogens (tertiary/aromatic N) is 5. The van der Waals surface area contributed by atoms with Gasteiger partial charge in [-0.15, -0.1) is 5.10 Å². The lowest BCUT2D eigenvalue weighted by molar-refractivity contribution is -0.115. The minimum Gasteiger partial charge on any atom is -0.364 e. The molecule has 3 aromatic rings. The molecule has 0 aliphatic carbocycles. The van der Waals surface area contributed by atoms with Gasteiger partial charge in [-0.25, -0.2) is 9.67 Å². The highest BCUT2D eigenvalue weighted by molar-refractivity contribution is 6.30. The summed E-state index contributed by atoms with van der Waals surface area (Å²) in [4.78, 5) is 18.2. The number of aryl methyl sites for hydroxylation is 1. The van der Waals surface area contributed by atoms with Crippen LogP contribution in [0.4, 0.5) is 17.2 Å². The van der Waals surface area contributed by atoms with Crippen molar-refractivity contribution in [2.75, 3.05) is 29.1 Å². The van der Waals surface area contributed by atoms with Gasteiger partial charge in [-0.05, 0) is 24.6 Å². The molecule has 144 valence electrons. The van der Waals surface area contributed by atoms with Gasteiger partial charge in [0.05, 0.1) is 42.9 Å². The first-order valence-electron chi connectivity index (χ1n) is 8.88. The number of anilines is 3. The Hall–Kier alpha value is -3.13. The Kier molecular flexibility index (Phi) is 4.87. The van der Waals surface area contributed by atoms with Crippen LogP contribution in [0.3, 0.4) is 0 Å². The molecular formula is C19H20ClN7O. The van der Waals surface area contributed by atoms with Crippen LogP contribution in [-0.2, 0) is 17.9 Å². The van der Waals surface area contributed by atoms with E-state index in [1.165, 1.54) is 0 Å². The smallest absolute Gasteiger partial charge is 0.243 e. The summed E-state index contributed by atoms with van der Waals surface area (Å²) in [6.45, 7) is 3.31. The number of pyridine rings is 1. The molecule has 2 N–H and O–H groups in total. The number of hydrogen-bond donors (Lipinski definition) is 2. The van der Waals surface area contributed by atoms with Crippen molar-refractivity contribution in [2.45, 2.75) is 20.0 Å². The number of amides is 1. The molecule has 0 saturated heterocycles. The van der Waals surface area contributed by atoms with E-state index in [4.69, 9.17) is 11.6 Å². The molecule has 28 heavy (non-hydrogen) atoms. The van der Waals surface area contributed by atoms with E-state index in [-0.39, 0.29) is 5.91 Å². The zero-order valence-corrected chi connectivity index (χ0v) is 16.4. The largest absolute Gasteiger partial charge is 0.364 e. The minimum absolute atomic E-state index is 0.0306. The van der Waals surface area contributed by atoms with Gasteiger partial charge in [-0.3, -0.25) is 4.79 Å². The number of likely N-dealkylation sites (N-methyl/N-ethyl adjacent to an activating group) is 1. The maximum atomic E-state index is 11.7. The third-order valence-electron chi connectivity index (χ3n) is 4.51. The molecule has 1 aliphatic heterocycles. The molecule has 2 aromatic heterocycles. The van der Waals surface area contributed by atoms with Gasteiger partial charge in [0.25, 0.3) is 0 Å². The fourth-order valence-electron chi connectivity index (χ4n) is 3.18. The van der Waals surface area contributed by atoms with Crippen molar-refractivity contribution in [3.05, 3.63) is 58.5 Å². The average Bonchev–Trinajstić information content (AvgIpc) is 3.08. The fourth-order valence-corrected chi connectivity index (χ4v) is 3.39. The molecule has 0 saturated carbocycles. The summed E-state index contributed by atoms with van der Waals surface area (Å²) in [5.41, 5.74) is 4.34. The van der Waals surface area contributed by atoms with Crippen LogP contribution in [-0.4, -0.2) is 39.5 Å². The topological polar surface area (TPSA) is 88.0 Å². The number of fused-ring (bicyclic) bond motifs is 1. The third-order valence-corrected chi connectivity index (χ3v) is 4.74. The van der Waals surface area contributed by atoms with Crippen LogP contribution in [0, 0.1) is 6.92 Å². The Balaban J connectivity index is 1.44. The number of hydrogen-bond acceptors (Lipinski definition) is 6. The Morgan fingerprint density at radius 1 is 1.32 bits per heavy atom. The van der Waals surface area contributed by atoms with Crippen LogP contribution in [0.5, 0.6) is 0 Å². The predicted molar refractivity (Wildman–Crippen MR) is 109 cm³/mol. The Morgan fingerprint density at radius 2 is 2.18 bits per heavy atom. The molecule has 1 amide bonds. The fraction of sp³-hybridized carbons (Fsp3) is 0.263. The zero-order valence-electron chi connectivity index (χ0n) is 15.6. The number of carbonyl (C=O) groups excluding carboxylic acids is 1. The lowest BCUT2D eigenvalue weighted by Gasteiger charge is -2.28. The van der Waals surface area contributed by atoms with Crippen LogP contribution < -0.4 is 15.5 Å². The van der Waals surface area contributed by atoms with Gasteiger partial charge in [-0.2, -0.15) is 0 Å². The second-order valence-electron chi connectivity index (χ2n) is 6.78. The van der Waals surface area contributed by atoms with Gasteiger partial charge >= 0.3 is 0 Å². The SMILES string of the molecule is Cc1nc(NCc2cn(Cc3cccc(Cl)c3)nn2)cc2c1NC(=O)CN2C. The number of rotatable bonds is 5. The standard InChI is InChI=1S/C19H20ClN7O/c1-12-19-16(26(2)11-18(28)23-19)7-17(22-12)21-8-15-10-27(25-24-15)9-13-4-3-5-14(20)6-13/h3-7,10H,8-9,11H2,1-2H3,(H,21,22)(H,23,28). The quantitative estimate of drug-likeness (QED) is 0.688. The molecule has 0 radical (unpaired) electrons. The first kappa shape index (κ1) is 18.2. The van der Waals surface area contributed by atoms with E-state index >= 15 is 0 Å². The van der Waals surface area contributed by atoms with Crippen molar-refractivity contribution < 1.29 is 4.79 Å². The predicted octanol–water partition coefficient (Wildman–Crippen LogP) is 2.68. The van der Waals surface area contributed by atoms with Gasteiger partial charge in [0.2, 0.25) is 5.91 Å².